The van der Waals surface area contributed by atoms with Crippen LogP contribution in [-0.2, 0) is 16.0 Å². The third-order valence-electron chi connectivity index (χ3n) is 3.91. The lowest BCUT2D eigenvalue weighted by molar-refractivity contribution is -0.124. The summed E-state index contributed by atoms with van der Waals surface area (Å²) in [7, 11) is 4.27. The van der Waals surface area contributed by atoms with Gasteiger partial charge < -0.3 is 24.3 Å². The number of carbonyl (C=O) groups excluding carboxylic acids is 2. The lowest BCUT2D eigenvalue weighted by Crippen LogP contribution is -2.30. The molecule has 0 unspecified atom stereocenters. The summed E-state index contributed by atoms with van der Waals surface area (Å²) in [5.41, 5.74) is 0.994. The van der Waals surface area contributed by atoms with E-state index in [4.69, 9.17) is 18.9 Å². The number of hydrogen-bond acceptors (Lipinski definition) is 6. The molecule has 0 aliphatic rings. The fraction of sp³-hybridized carbons (Fsp3) is 0.300. The Morgan fingerprint density at radius 2 is 1.61 bits per heavy atom. The highest BCUT2D eigenvalue weighted by Gasteiger charge is 2.22. The molecule has 28 heavy (non-hydrogen) atoms. The summed E-state index contributed by atoms with van der Waals surface area (Å²) in [5, 5.41) is 2.64. The normalized spacial score (nSPS) is 10.1. The van der Waals surface area contributed by atoms with Gasteiger partial charge in [0.25, 0.3) is 5.91 Å². The quantitative estimate of drug-likeness (QED) is 0.661. The number of methoxy groups -OCH3 is 3. The number of benzene rings is 2. The van der Waals surface area contributed by atoms with Crippen molar-refractivity contribution in [1.29, 1.82) is 0 Å². The Kier molecular flexibility index (Phi) is 7.62. The molecule has 0 saturated carbocycles. The first-order valence-corrected chi connectivity index (χ1v) is 8.47. The van der Waals surface area contributed by atoms with Crippen molar-refractivity contribution < 1.29 is 32.9 Å². The SMILES string of the molecule is COc1ccc(C(=O)OCC(=O)NCCc2ccc(F)cc2)c(OC)c1OC. The molecule has 0 bridgehead atoms. The van der Waals surface area contributed by atoms with Crippen LogP contribution in [0.4, 0.5) is 4.39 Å². The summed E-state index contributed by atoms with van der Waals surface area (Å²) >= 11 is 0. The van der Waals surface area contributed by atoms with Gasteiger partial charge in [0.1, 0.15) is 11.4 Å². The Balaban J connectivity index is 1.89. The van der Waals surface area contributed by atoms with Crippen LogP contribution in [0.2, 0.25) is 0 Å². The summed E-state index contributed by atoms with van der Waals surface area (Å²) in [6, 6.07) is 9.01. The molecule has 0 aliphatic carbocycles. The van der Waals surface area contributed by atoms with Crippen LogP contribution in [0.5, 0.6) is 17.2 Å². The standard InChI is InChI=1S/C20H22FNO6/c1-25-16-9-8-15(18(26-2)19(16)27-3)20(24)28-12-17(23)22-11-10-13-4-6-14(21)7-5-13/h4-9H,10-12H2,1-3H3,(H,22,23). The molecule has 2 aromatic carbocycles. The Labute approximate surface area is 162 Å². The Morgan fingerprint density at radius 3 is 2.21 bits per heavy atom. The molecule has 0 saturated heterocycles. The maximum absolute atomic E-state index is 12.9. The van der Waals surface area contributed by atoms with E-state index < -0.39 is 18.5 Å². The van der Waals surface area contributed by atoms with Gasteiger partial charge in [-0.15, -0.1) is 0 Å². The molecule has 0 spiro atoms. The van der Waals surface area contributed by atoms with Crippen LogP contribution >= 0.6 is 0 Å². The van der Waals surface area contributed by atoms with Crippen molar-refractivity contribution in [2.45, 2.75) is 6.42 Å². The van der Waals surface area contributed by atoms with Gasteiger partial charge in [-0.05, 0) is 36.2 Å². The number of carbonyl (C=O) groups is 2. The molecule has 0 heterocycles. The third-order valence-corrected chi connectivity index (χ3v) is 3.91. The minimum Gasteiger partial charge on any atom is -0.493 e. The zero-order valence-electron chi connectivity index (χ0n) is 15.9. The topological polar surface area (TPSA) is 83.1 Å². The largest absolute Gasteiger partial charge is 0.493 e. The van der Waals surface area contributed by atoms with E-state index in [0.29, 0.717) is 18.7 Å². The maximum Gasteiger partial charge on any atom is 0.342 e. The highest BCUT2D eigenvalue weighted by atomic mass is 19.1. The van der Waals surface area contributed by atoms with Crippen molar-refractivity contribution in [3.8, 4) is 17.2 Å². The van der Waals surface area contributed by atoms with Crippen molar-refractivity contribution in [2.24, 2.45) is 0 Å². The number of halogens is 1. The molecule has 0 atom stereocenters. The number of nitrogens with one attached hydrogen (secondary N) is 1. The Hall–Kier alpha value is -3.29. The van der Waals surface area contributed by atoms with E-state index in [1.807, 2.05) is 0 Å². The number of ether oxygens (including phenoxy) is 4. The van der Waals surface area contributed by atoms with Crippen LogP contribution in [0.25, 0.3) is 0 Å². The number of esters is 1. The second kappa shape index (κ2) is 10.1. The van der Waals surface area contributed by atoms with Crippen LogP contribution in [-0.4, -0.2) is 46.4 Å². The lowest BCUT2D eigenvalue weighted by Gasteiger charge is -2.15. The van der Waals surface area contributed by atoms with E-state index in [2.05, 4.69) is 5.32 Å². The second-order valence-corrected chi connectivity index (χ2v) is 5.68. The third kappa shape index (κ3) is 5.35. The molecular weight excluding hydrogens is 369 g/mol. The Morgan fingerprint density at radius 1 is 0.929 bits per heavy atom. The van der Waals surface area contributed by atoms with E-state index in [0.717, 1.165) is 5.56 Å². The van der Waals surface area contributed by atoms with Gasteiger partial charge in [0.05, 0.1) is 21.3 Å². The molecule has 0 aromatic heterocycles. The zero-order valence-corrected chi connectivity index (χ0v) is 15.9. The molecule has 150 valence electrons. The van der Waals surface area contributed by atoms with Crippen molar-refractivity contribution in [3.63, 3.8) is 0 Å². The van der Waals surface area contributed by atoms with Gasteiger partial charge in [-0.2, -0.15) is 0 Å². The van der Waals surface area contributed by atoms with Gasteiger partial charge in [-0.25, -0.2) is 9.18 Å². The summed E-state index contributed by atoms with van der Waals surface area (Å²) < 4.78 is 33.5. The van der Waals surface area contributed by atoms with Gasteiger partial charge in [0.2, 0.25) is 5.75 Å². The molecule has 0 aliphatic heterocycles. The fourth-order valence-corrected chi connectivity index (χ4v) is 2.52. The highest BCUT2D eigenvalue weighted by molar-refractivity contribution is 5.95. The molecule has 7 nitrogen and oxygen atoms in total. The van der Waals surface area contributed by atoms with E-state index in [-0.39, 0.29) is 22.9 Å². The van der Waals surface area contributed by atoms with Crippen molar-refractivity contribution in [1.82, 2.24) is 5.32 Å². The van der Waals surface area contributed by atoms with Gasteiger partial charge in [0.15, 0.2) is 18.1 Å². The molecule has 1 N–H and O–H groups in total. The van der Waals surface area contributed by atoms with Crippen molar-refractivity contribution in [3.05, 3.63) is 53.3 Å². The maximum atomic E-state index is 12.9. The van der Waals surface area contributed by atoms with E-state index >= 15 is 0 Å². The first-order valence-electron chi connectivity index (χ1n) is 8.47. The average molecular weight is 391 g/mol. The molecule has 0 radical (unpaired) electrons. The second-order valence-electron chi connectivity index (χ2n) is 5.68. The van der Waals surface area contributed by atoms with E-state index in [9.17, 15) is 14.0 Å². The van der Waals surface area contributed by atoms with Gasteiger partial charge in [-0.3, -0.25) is 4.79 Å². The zero-order chi connectivity index (χ0) is 20.5. The van der Waals surface area contributed by atoms with Crippen molar-refractivity contribution in [2.75, 3.05) is 34.5 Å². The predicted octanol–water partition coefficient (Wildman–Crippen LogP) is 2.37. The molecule has 1 amide bonds. The lowest BCUT2D eigenvalue weighted by atomic mass is 10.1. The number of amides is 1. The van der Waals surface area contributed by atoms with Crippen LogP contribution in [0.15, 0.2) is 36.4 Å². The summed E-state index contributed by atoms with van der Waals surface area (Å²) in [5.74, 6) is -0.687. The van der Waals surface area contributed by atoms with Crippen LogP contribution in [0.3, 0.4) is 0 Å². The predicted molar refractivity (Wildman–Crippen MR) is 99.5 cm³/mol. The molecule has 8 heteroatoms. The van der Waals surface area contributed by atoms with Gasteiger partial charge in [0, 0.05) is 6.54 Å². The first kappa shape index (κ1) is 21.0. The van der Waals surface area contributed by atoms with Crippen LogP contribution in [0, 0.1) is 5.82 Å². The van der Waals surface area contributed by atoms with Gasteiger partial charge >= 0.3 is 5.97 Å². The molecular formula is C20H22FNO6. The van der Waals surface area contributed by atoms with E-state index in [1.54, 1.807) is 18.2 Å². The smallest absolute Gasteiger partial charge is 0.342 e. The minimum atomic E-state index is -0.730. The summed E-state index contributed by atoms with van der Waals surface area (Å²) in [4.78, 5) is 24.2. The Bertz CT molecular complexity index is 822. The fourth-order valence-electron chi connectivity index (χ4n) is 2.52. The molecule has 0 fully saturated rings. The van der Waals surface area contributed by atoms with Crippen molar-refractivity contribution >= 4 is 11.9 Å². The van der Waals surface area contributed by atoms with Crippen LogP contribution in [0.1, 0.15) is 15.9 Å². The first-order chi connectivity index (χ1) is 13.5. The number of hydrogen-bond donors (Lipinski definition) is 1. The summed E-state index contributed by atoms with van der Waals surface area (Å²) in [6.07, 6.45) is 0.531. The molecule has 2 aromatic rings. The minimum absolute atomic E-state index is 0.110. The monoisotopic (exact) mass is 391 g/mol. The van der Waals surface area contributed by atoms with E-state index in [1.165, 1.54) is 39.5 Å². The average Bonchev–Trinajstić information content (AvgIpc) is 2.72. The molecule has 2 rings (SSSR count). The summed E-state index contributed by atoms with van der Waals surface area (Å²) in [6.45, 7) is -0.110. The van der Waals surface area contributed by atoms with Crippen LogP contribution < -0.4 is 19.5 Å². The van der Waals surface area contributed by atoms with Gasteiger partial charge in [-0.1, -0.05) is 12.1 Å². The number of rotatable bonds is 9. The highest BCUT2D eigenvalue weighted by Crippen LogP contribution is 2.39.